The lowest BCUT2D eigenvalue weighted by atomic mass is 10.1. The van der Waals surface area contributed by atoms with E-state index in [1.807, 2.05) is 56.4 Å². The van der Waals surface area contributed by atoms with Crippen molar-refractivity contribution in [3.8, 4) is 11.5 Å². The van der Waals surface area contributed by atoms with Crippen LogP contribution >= 0.6 is 0 Å². The van der Waals surface area contributed by atoms with Gasteiger partial charge in [0, 0.05) is 49.6 Å². The summed E-state index contributed by atoms with van der Waals surface area (Å²) in [7, 11) is 1.66. The highest BCUT2D eigenvalue weighted by Crippen LogP contribution is 2.23. The largest absolute Gasteiger partial charge is 0.497 e. The number of hydrogen-bond acceptors (Lipinski definition) is 6. The van der Waals surface area contributed by atoms with Crippen LogP contribution in [-0.4, -0.2) is 34.6 Å². The summed E-state index contributed by atoms with van der Waals surface area (Å²) >= 11 is 0. The van der Waals surface area contributed by atoms with Crippen molar-refractivity contribution in [3.63, 3.8) is 0 Å². The molecule has 2 heterocycles. The highest BCUT2D eigenvalue weighted by molar-refractivity contribution is 5.56. The Morgan fingerprint density at radius 2 is 1.93 bits per heavy atom. The molecule has 0 saturated carbocycles. The van der Waals surface area contributed by atoms with Crippen molar-refractivity contribution in [3.05, 3.63) is 71.5 Å². The van der Waals surface area contributed by atoms with Crippen molar-refractivity contribution in [2.24, 2.45) is 0 Å². The topological polar surface area (TPSA) is 59.5 Å². The Hall–Kier alpha value is -3.12. The average Bonchev–Trinajstić information content (AvgIpc) is 2.75. The van der Waals surface area contributed by atoms with Crippen LogP contribution in [0.15, 0.2) is 54.7 Å². The molecule has 2 aromatic carbocycles. The molecule has 3 aromatic rings. The standard InChI is InChI=1S/C24H28N4O2/c1-17(2)30-21-9-7-18(8-10-21)15-28-12-11-23-19(16-28)14-25-24(27-23)26-20-5-4-6-22(13-20)29-3/h4-10,13-14,17H,11-12,15-16H2,1-3H3,(H,25,26,27). The van der Waals surface area contributed by atoms with Gasteiger partial charge in [0.05, 0.1) is 18.9 Å². The van der Waals surface area contributed by atoms with E-state index in [-0.39, 0.29) is 6.10 Å². The van der Waals surface area contributed by atoms with Crippen LogP contribution in [0.1, 0.15) is 30.7 Å². The fraction of sp³-hybridized carbons (Fsp3) is 0.333. The second-order valence-electron chi connectivity index (χ2n) is 7.79. The predicted molar refractivity (Wildman–Crippen MR) is 118 cm³/mol. The van der Waals surface area contributed by atoms with Gasteiger partial charge in [-0.2, -0.15) is 0 Å². The van der Waals surface area contributed by atoms with E-state index < -0.39 is 0 Å². The Kier molecular flexibility index (Phi) is 6.14. The van der Waals surface area contributed by atoms with Gasteiger partial charge in [-0.15, -0.1) is 0 Å². The minimum absolute atomic E-state index is 0.192. The highest BCUT2D eigenvalue weighted by Gasteiger charge is 2.18. The molecule has 0 radical (unpaired) electrons. The Morgan fingerprint density at radius 1 is 1.10 bits per heavy atom. The zero-order chi connectivity index (χ0) is 20.9. The van der Waals surface area contributed by atoms with Crippen LogP contribution in [0.4, 0.5) is 11.6 Å². The molecule has 30 heavy (non-hydrogen) atoms. The van der Waals surface area contributed by atoms with Crippen molar-refractivity contribution in [1.29, 1.82) is 0 Å². The van der Waals surface area contributed by atoms with Crippen molar-refractivity contribution in [2.75, 3.05) is 19.0 Å². The molecule has 0 spiro atoms. The Balaban J connectivity index is 1.38. The monoisotopic (exact) mass is 404 g/mol. The Bertz CT molecular complexity index is 989. The third-order valence-electron chi connectivity index (χ3n) is 5.04. The van der Waals surface area contributed by atoms with Gasteiger partial charge in [-0.25, -0.2) is 9.97 Å². The zero-order valence-corrected chi connectivity index (χ0v) is 17.8. The van der Waals surface area contributed by atoms with E-state index in [0.29, 0.717) is 5.95 Å². The number of ether oxygens (including phenoxy) is 2. The molecule has 0 amide bonds. The minimum Gasteiger partial charge on any atom is -0.497 e. The number of anilines is 2. The van der Waals surface area contributed by atoms with Crippen molar-refractivity contribution >= 4 is 11.6 Å². The second kappa shape index (κ2) is 9.13. The van der Waals surface area contributed by atoms with Gasteiger partial charge in [-0.1, -0.05) is 18.2 Å². The molecular formula is C24H28N4O2. The Labute approximate surface area is 177 Å². The number of nitrogens with zero attached hydrogens (tertiary/aromatic N) is 3. The van der Waals surface area contributed by atoms with Crippen LogP contribution in [0.2, 0.25) is 0 Å². The van der Waals surface area contributed by atoms with Crippen molar-refractivity contribution in [2.45, 2.75) is 39.5 Å². The summed E-state index contributed by atoms with van der Waals surface area (Å²) < 4.78 is 11.0. The van der Waals surface area contributed by atoms with E-state index in [2.05, 4.69) is 27.3 Å². The van der Waals surface area contributed by atoms with E-state index in [0.717, 1.165) is 48.9 Å². The summed E-state index contributed by atoms with van der Waals surface area (Å²) in [6.07, 6.45) is 3.05. The van der Waals surface area contributed by atoms with Crippen LogP contribution < -0.4 is 14.8 Å². The first kappa shape index (κ1) is 20.2. The number of rotatable bonds is 7. The molecule has 0 atom stereocenters. The average molecular weight is 405 g/mol. The quantitative estimate of drug-likeness (QED) is 0.622. The van der Waals surface area contributed by atoms with Gasteiger partial charge in [-0.05, 0) is 43.7 Å². The molecular weight excluding hydrogens is 376 g/mol. The number of aromatic nitrogens is 2. The lowest BCUT2D eigenvalue weighted by molar-refractivity contribution is 0.239. The summed E-state index contributed by atoms with van der Waals surface area (Å²) in [5.74, 6) is 2.34. The molecule has 0 fully saturated rings. The normalized spacial score (nSPS) is 13.7. The maximum atomic E-state index is 5.73. The van der Waals surface area contributed by atoms with Crippen LogP contribution in [0.25, 0.3) is 0 Å². The van der Waals surface area contributed by atoms with Crippen LogP contribution in [0.3, 0.4) is 0 Å². The van der Waals surface area contributed by atoms with Gasteiger partial charge in [0.1, 0.15) is 11.5 Å². The van der Waals surface area contributed by atoms with Gasteiger partial charge in [0.15, 0.2) is 0 Å². The molecule has 0 unspecified atom stereocenters. The number of nitrogens with one attached hydrogen (secondary N) is 1. The molecule has 0 bridgehead atoms. The molecule has 156 valence electrons. The lowest BCUT2D eigenvalue weighted by Gasteiger charge is -2.28. The molecule has 6 nitrogen and oxygen atoms in total. The number of fused-ring (bicyclic) bond motifs is 1. The zero-order valence-electron chi connectivity index (χ0n) is 17.8. The molecule has 1 aliphatic heterocycles. The van der Waals surface area contributed by atoms with Crippen molar-refractivity contribution < 1.29 is 9.47 Å². The molecule has 0 aliphatic carbocycles. The van der Waals surface area contributed by atoms with Gasteiger partial charge < -0.3 is 14.8 Å². The fourth-order valence-electron chi connectivity index (χ4n) is 3.60. The molecule has 1 aliphatic rings. The molecule has 1 aromatic heterocycles. The summed E-state index contributed by atoms with van der Waals surface area (Å²) in [6.45, 7) is 6.83. The van der Waals surface area contributed by atoms with E-state index in [9.17, 15) is 0 Å². The van der Waals surface area contributed by atoms with E-state index >= 15 is 0 Å². The second-order valence-corrected chi connectivity index (χ2v) is 7.79. The summed E-state index contributed by atoms with van der Waals surface area (Å²) in [5, 5.41) is 3.27. The molecule has 0 saturated heterocycles. The van der Waals surface area contributed by atoms with Gasteiger partial charge in [0.25, 0.3) is 0 Å². The number of methoxy groups -OCH3 is 1. The van der Waals surface area contributed by atoms with E-state index in [1.165, 1.54) is 11.1 Å². The Morgan fingerprint density at radius 3 is 2.70 bits per heavy atom. The predicted octanol–water partition coefficient (Wildman–Crippen LogP) is 4.57. The molecule has 4 rings (SSSR count). The first-order chi connectivity index (χ1) is 14.6. The summed E-state index contributed by atoms with van der Waals surface area (Å²) in [4.78, 5) is 11.7. The lowest BCUT2D eigenvalue weighted by Crippen LogP contribution is -2.31. The molecule has 1 N–H and O–H groups in total. The maximum absolute atomic E-state index is 5.73. The smallest absolute Gasteiger partial charge is 0.227 e. The van der Waals surface area contributed by atoms with Crippen LogP contribution in [-0.2, 0) is 19.5 Å². The minimum atomic E-state index is 0.192. The summed E-state index contributed by atoms with van der Waals surface area (Å²) in [5.41, 5.74) is 4.51. The van der Waals surface area contributed by atoms with E-state index in [4.69, 9.17) is 14.5 Å². The highest BCUT2D eigenvalue weighted by atomic mass is 16.5. The van der Waals surface area contributed by atoms with Gasteiger partial charge >= 0.3 is 0 Å². The van der Waals surface area contributed by atoms with Crippen molar-refractivity contribution in [1.82, 2.24) is 14.9 Å². The third-order valence-corrected chi connectivity index (χ3v) is 5.04. The first-order valence-electron chi connectivity index (χ1n) is 10.3. The number of hydrogen-bond donors (Lipinski definition) is 1. The van der Waals surface area contributed by atoms with Gasteiger partial charge in [-0.3, -0.25) is 4.90 Å². The first-order valence-corrected chi connectivity index (χ1v) is 10.3. The molecule has 6 heteroatoms. The summed E-state index contributed by atoms with van der Waals surface area (Å²) in [6, 6.07) is 16.2. The fourth-order valence-corrected chi connectivity index (χ4v) is 3.60. The third kappa shape index (κ3) is 5.07. The SMILES string of the molecule is COc1cccc(Nc2ncc3c(n2)CCN(Cc2ccc(OC(C)C)cc2)C3)c1. The van der Waals surface area contributed by atoms with E-state index in [1.54, 1.807) is 7.11 Å². The van der Waals surface area contributed by atoms with Crippen LogP contribution in [0.5, 0.6) is 11.5 Å². The van der Waals surface area contributed by atoms with Crippen LogP contribution in [0, 0.1) is 0 Å². The number of benzene rings is 2. The maximum Gasteiger partial charge on any atom is 0.227 e. The van der Waals surface area contributed by atoms with Gasteiger partial charge in [0.2, 0.25) is 5.95 Å².